The van der Waals surface area contributed by atoms with Crippen molar-refractivity contribution in [2.75, 3.05) is 19.6 Å². The molecule has 0 aromatic heterocycles. The Bertz CT molecular complexity index is 316. The lowest BCUT2D eigenvalue weighted by molar-refractivity contribution is -0.0934. The minimum atomic E-state index is 0.693. The largest absolute Gasteiger partial charge is 0.330 e. The Morgan fingerprint density at radius 1 is 1.11 bits per heavy atom. The zero-order valence-corrected chi connectivity index (χ0v) is 12.5. The van der Waals surface area contributed by atoms with Gasteiger partial charge in [-0.3, -0.25) is 4.90 Å². The van der Waals surface area contributed by atoms with Crippen LogP contribution in [0.1, 0.15) is 51.9 Å². The molecule has 19 heavy (non-hydrogen) atoms. The second kappa shape index (κ2) is 4.46. The van der Waals surface area contributed by atoms with Crippen LogP contribution < -0.4 is 5.73 Å². The monoisotopic (exact) mass is 262 g/mol. The Kier molecular flexibility index (Phi) is 2.97. The average molecular weight is 262 g/mol. The molecule has 2 nitrogen and oxygen atoms in total. The smallest absolute Gasteiger partial charge is 0.0124 e. The molecule has 5 aliphatic rings. The summed E-state index contributed by atoms with van der Waals surface area (Å²) >= 11 is 0. The van der Waals surface area contributed by atoms with E-state index in [4.69, 9.17) is 5.73 Å². The molecule has 0 aromatic rings. The quantitative estimate of drug-likeness (QED) is 0.847. The van der Waals surface area contributed by atoms with Crippen LogP contribution in [0.4, 0.5) is 0 Å². The van der Waals surface area contributed by atoms with Crippen molar-refractivity contribution in [2.24, 2.45) is 34.8 Å². The molecule has 2 N–H and O–H groups in total. The van der Waals surface area contributed by atoms with Gasteiger partial charge >= 0.3 is 0 Å². The molecule has 5 rings (SSSR count). The van der Waals surface area contributed by atoms with E-state index in [0.29, 0.717) is 5.41 Å². The van der Waals surface area contributed by atoms with E-state index in [2.05, 4.69) is 11.8 Å². The van der Waals surface area contributed by atoms with Crippen LogP contribution in [0.5, 0.6) is 0 Å². The number of nitrogens with zero attached hydrogens (tertiary/aromatic N) is 1. The lowest BCUT2D eigenvalue weighted by Crippen LogP contribution is -2.55. The Hall–Kier alpha value is -0.0800. The number of hydrogen-bond acceptors (Lipinski definition) is 2. The third-order valence-electron chi connectivity index (χ3n) is 7.17. The first-order valence-electron chi connectivity index (χ1n) is 8.62. The molecule has 0 spiro atoms. The zero-order valence-electron chi connectivity index (χ0n) is 12.5. The SMILES string of the molecule is CC(N1CCC(CN)C1)C12CC3CC(CC(C3)C1)C2. The first kappa shape index (κ1) is 12.6. The van der Waals surface area contributed by atoms with Gasteiger partial charge in [-0.1, -0.05) is 0 Å². The molecule has 0 radical (unpaired) electrons. The molecule has 2 heteroatoms. The number of hydrogen-bond donors (Lipinski definition) is 1. The fourth-order valence-electron chi connectivity index (χ4n) is 6.48. The summed E-state index contributed by atoms with van der Waals surface area (Å²) in [5.41, 5.74) is 6.57. The van der Waals surface area contributed by atoms with E-state index in [-0.39, 0.29) is 0 Å². The standard InChI is InChI=1S/C17H30N2/c1-12(19-3-2-13(10-18)11-19)17-7-14-4-15(8-17)6-16(5-14)9-17/h12-16H,2-11,18H2,1H3. The number of nitrogens with two attached hydrogens (primary N) is 1. The molecule has 4 aliphatic carbocycles. The van der Waals surface area contributed by atoms with E-state index in [9.17, 15) is 0 Å². The molecule has 4 saturated carbocycles. The van der Waals surface area contributed by atoms with Gasteiger partial charge in [0.15, 0.2) is 0 Å². The summed E-state index contributed by atoms with van der Waals surface area (Å²) in [5, 5.41) is 0. The van der Waals surface area contributed by atoms with Crippen LogP contribution in [-0.4, -0.2) is 30.6 Å². The van der Waals surface area contributed by atoms with Crippen molar-refractivity contribution in [3.63, 3.8) is 0 Å². The van der Waals surface area contributed by atoms with Gasteiger partial charge in [-0.15, -0.1) is 0 Å². The maximum atomic E-state index is 5.88. The van der Waals surface area contributed by atoms with Crippen molar-refractivity contribution in [1.29, 1.82) is 0 Å². The first-order chi connectivity index (χ1) is 9.18. The Labute approximate surface area is 118 Å². The minimum absolute atomic E-state index is 0.693. The molecule has 2 unspecified atom stereocenters. The topological polar surface area (TPSA) is 29.3 Å². The average Bonchev–Trinajstić information content (AvgIpc) is 2.84. The highest BCUT2D eigenvalue weighted by atomic mass is 15.2. The lowest BCUT2D eigenvalue weighted by atomic mass is 9.47. The van der Waals surface area contributed by atoms with E-state index >= 15 is 0 Å². The highest BCUT2D eigenvalue weighted by Crippen LogP contribution is 2.62. The fraction of sp³-hybridized carbons (Fsp3) is 1.00. The third kappa shape index (κ3) is 1.98. The van der Waals surface area contributed by atoms with Crippen molar-refractivity contribution in [3.8, 4) is 0 Å². The van der Waals surface area contributed by atoms with E-state index < -0.39 is 0 Å². The van der Waals surface area contributed by atoms with Crippen molar-refractivity contribution >= 4 is 0 Å². The van der Waals surface area contributed by atoms with Crippen LogP contribution >= 0.6 is 0 Å². The van der Waals surface area contributed by atoms with Crippen molar-refractivity contribution in [1.82, 2.24) is 4.90 Å². The normalized spacial score (nSPS) is 50.8. The van der Waals surface area contributed by atoms with Gasteiger partial charge in [0.05, 0.1) is 0 Å². The molecule has 1 aliphatic heterocycles. The second-order valence-electron chi connectivity index (χ2n) is 8.34. The lowest BCUT2D eigenvalue weighted by Gasteiger charge is -2.60. The van der Waals surface area contributed by atoms with Gasteiger partial charge in [-0.2, -0.15) is 0 Å². The summed E-state index contributed by atoms with van der Waals surface area (Å²) in [7, 11) is 0. The van der Waals surface area contributed by atoms with E-state index in [1.807, 2.05) is 0 Å². The summed E-state index contributed by atoms with van der Waals surface area (Å²) < 4.78 is 0. The van der Waals surface area contributed by atoms with Crippen molar-refractivity contribution in [2.45, 2.75) is 57.9 Å². The summed E-state index contributed by atoms with van der Waals surface area (Å²) in [5.74, 6) is 4.03. The zero-order chi connectivity index (χ0) is 13.0. The molecule has 1 heterocycles. The summed E-state index contributed by atoms with van der Waals surface area (Å²) in [6, 6.07) is 0.817. The van der Waals surface area contributed by atoms with Crippen molar-refractivity contribution < 1.29 is 0 Å². The molecule has 0 aromatic carbocycles. The van der Waals surface area contributed by atoms with Gasteiger partial charge < -0.3 is 5.73 Å². The van der Waals surface area contributed by atoms with E-state index in [1.165, 1.54) is 19.5 Å². The Balaban J connectivity index is 1.52. The van der Waals surface area contributed by atoms with Crippen LogP contribution in [0.3, 0.4) is 0 Å². The molecule has 4 bridgehead atoms. The van der Waals surface area contributed by atoms with Crippen LogP contribution in [0.25, 0.3) is 0 Å². The minimum Gasteiger partial charge on any atom is -0.330 e. The highest BCUT2D eigenvalue weighted by Gasteiger charge is 2.54. The van der Waals surface area contributed by atoms with Gasteiger partial charge in [0.2, 0.25) is 0 Å². The molecule has 5 fully saturated rings. The molecular weight excluding hydrogens is 232 g/mol. The fourth-order valence-corrected chi connectivity index (χ4v) is 6.48. The van der Waals surface area contributed by atoms with Crippen LogP contribution in [0.2, 0.25) is 0 Å². The molecule has 1 saturated heterocycles. The van der Waals surface area contributed by atoms with E-state index in [1.54, 1.807) is 38.5 Å². The Morgan fingerprint density at radius 2 is 1.68 bits per heavy atom. The van der Waals surface area contributed by atoms with Gasteiger partial charge in [-0.25, -0.2) is 0 Å². The highest BCUT2D eigenvalue weighted by molar-refractivity contribution is 5.06. The maximum absolute atomic E-state index is 5.88. The van der Waals surface area contributed by atoms with Crippen LogP contribution in [0, 0.1) is 29.1 Å². The van der Waals surface area contributed by atoms with Gasteiger partial charge in [0.1, 0.15) is 0 Å². The van der Waals surface area contributed by atoms with Crippen LogP contribution in [-0.2, 0) is 0 Å². The number of rotatable bonds is 3. The number of likely N-dealkylation sites (tertiary alicyclic amines) is 1. The van der Waals surface area contributed by atoms with Crippen molar-refractivity contribution in [3.05, 3.63) is 0 Å². The van der Waals surface area contributed by atoms with Gasteiger partial charge in [-0.05, 0) is 94.0 Å². The van der Waals surface area contributed by atoms with Gasteiger partial charge in [0, 0.05) is 12.6 Å². The Morgan fingerprint density at radius 3 is 2.16 bits per heavy atom. The predicted octanol–water partition coefficient (Wildman–Crippen LogP) is 2.87. The summed E-state index contributed by atoms with van der Waals surface area (Å²) in [6.45, 7) is 6.03. The summed E-state index contributed by atoms with van der Waals surface area (Å²) in [6.07, 6.45) is 10.7. The third-order valence-corrected chi connectivity index (χ3v) is 7.17. The first-order valence-corrected chi connectivity index (χ1v) is 8.62. The summed E-state index contributed by atoms with van der Waals surface area (Å²) in [4.78, 5) is 2.80. The predicted molar refractivity (Wildman–Crippen MR) is 78.8 cm³/mol. The molecular formula is C17H30N2. The molecule has 0 amide bonds. The second-order valence-corrected chi connectivity index (χ2v) is 8.34. The molecule has 2 atom stereocenters. The van der Waals surface area contributed by atoms with Crippen LogP contribution in [0.15, 0.2) is 0 Å². The molecule has 108 valence electrons. The maximum Gasteiger partial charge on any atom is 0.0124 e. The van der Waals surface area contributed by atoms with E-state index in [0.717, 1.165) is 36.3 Å². The van der Waals surface area contributed by atoms with Gasteiger partial charge in [0.25, 0.3) is 0 Å².